The van der Waals surface area contributed by atoms with Gasteiger partial charge in [-0.15, -0.1) is 0 Å². The monoisotopic (exact) mass is 288 g/mol. The van der Waals surface area contributed by atoms with Gasteiger partial charge in [0.1, 0.15) is 6.04 Å². The van der Waals surface area contributed by atoms with Crippen LogP contribution in [0, 0.1) is 5.92 Å². The molecule has 0 spiro atoms. The quantitative estimate of drug-likeness (QED) is 0.620. The lowest BCUT2D eigenvalue weighted by atomic mass is 9.93. The Hall–Kier alpha value is -2.17. The summed E-state index contributed by atoms with van der Waals surface area (Å²) >= 11 is 0. The van der Waals surface area contributed by atoms with Crippen LogP contribution in [0.4, 0.5) is 0 Å². The summed E-state index contributed by atoms with van der Waals surface area (Å²) in [7, 11) is 3.11. The summed E-state index contributed by atoms with van der Waals surface area (Å²) in [6.07, 6.45) is 0. The van der Waals surface area contributed by atoms with Crippen molar-refractivity contribution in [3.63, 3.8) is 0 Å². The molecule has 1 heterocycles. The van der Waals surface area contributed by atoms with E-state index in [0.717, 1.165) is 0 Å². The van der Waals surface area contributed by atoms with Gasteiger partial charge in [-0.2, -0.15) is 0 Å². The van der Waals surface area contributed by atoms with Crippen molar-refractivity contribution in [1.82, 2.24) is 9.80 Å². The Morgan fingerprint density at radius 1 is 1.00 bits per heavy atom. The van der Waals surface area contributed by atoms with Crippen molar-refractivity contribution in [3.8, 4) is 0 Å². The minimum Gasteiger partial charge on any atom is -0.331 e. The van der Waals surface area contributed by atoms with Crippen molar-refractivity contribution in [3.05, 3.63) is 35.9 Å². The molecular weight excluding hydrogens is 268 g/mol. The zero-order valence-corrected chi connectivity index (χ0v) is 12.7. The summed E-state index contributed by atoms with van der Waals surface area (Å²) < 4.78 is 0. The van der Waals surface area contributed by atoms with Crippen LogP contribution in [0.1, 0.15) is 24.2 Å². The highest BCUT2D eigenvalue weighted by Gasteiger charge is 2.47. The maximum atomic E-state index is 12.5. The van der Waals surface area contributed by atoms with Crippen LogP contribution >= 0.6 is 0 Å². The molecule has 1 aromatic rings. The predicted molar refractivity (Wildman–Crippen MR) is 78.7 cm³/mol. The number of carbonyl (C=O) groups is 3. The number of hydrogen-bond donors (Lipinski definition) is 0. The number of carbonyl (C=O) groups excluding carboxylic acids is 3. The Labute approximate surface area is 124 Å². The molecule has 0 N–H and O–H groups in total. The van der Waals surface area contributed by atoms with Crippen LogP contribution in [0.5, 0.6) is 0 Å². The van der Waals surface area contributed by atoms with Gasteiger partial charge in [0.2, 0.25) is 5.91 Å². The largest absolute Gasteiger partial charge is 0.331 e. The summed E-state index contributed by atoms with van der Waals surface area (Å²) in [5, 5.41) is 0. The average molecular weight is 288 g/mol. The van der Waals surface area contributed by atoms with Gasteiger partial charge in [-0.1, -0.05) is 44.2 Å². The van der Waals surface area contributed by atoms with Crippen LogP contribution in [-0.4, -0.2) is 53.6 Å². The van der Waals surface area contributed by atoms with E-state index in [1.54, 1.807) is 37.4 Å². The van der Waals surface area contributed by atoms with Crippen LogP contribution in [0.25, 0.3) is 0 Å². The second-order valence-corrected chi connectivity index (χ2v) is 5.72. The third-order valence-electron chi connectivity index (χ3n) is 3.92. The number of Topliss-reactive ketones (excluding diaryl/α,β-unsaturated/α-hetero) is 1. The van der Waals surface area contributed by atoms with Crippen molar-refractivity contribution in [2.75, 3.05) is 14.1 Å². The molecule has 0 bridgehead atoms. The first-order valence-corrected chi connectivity index (χ1v) is 6.99. The van der Waals surface area contributed by atoms with Gasteiger partial charge in [0, 0.05) is 19.7 Å². The zero-order valence-electron chi connectivity index (χ0n) is 12.7. The first-order valence-electron chi connectivity index (χ1n) is 6.99. The van der Waals surface area contributed by atoms with Gasteiger partial charge in [-0.3, -0.25) is 14.4 Å². The molecule has 1 unspecified atom stereocenters. The molecule has 0 aromatic heterocycles. The van der Waals surface area contributed by atoms with Crippen molar-refractivity contribution in [2.24, 2.45) is 5.92 Å². The van der Waals surface area contributed by atoms with Gasteiger partial charge in [-0.05, 0) is 5.92 Å². The fourth-order valence-corrected chi connectivity index (χ4v) is 2.78. The molecule has 0 aliphatic carbocycles. The molecule has 1 fully saturated rings. The molecule has 1 aliphatic heterocycles. The van der Waals surface area contributed by atoms with E-state index in [-0.39, 0.29) is 23.5 Å². The van der Waals surface area contributed by atoms with Crippen LogP contribution in [-0.2, 0) is 9.59 Å². The van der Waals surface area contributed by atoms with Gasteiger partial charge < -0.3 is 9.80 Å². The third kappa shape index (κ3) is 2.55. The molecule has 5 heteroatoms. The van der Waals surface area contributed by atoms with Crippen molar-refractivity contribution in [2.45, 2.75) is 25.9 Å². The highest BCUT2D eigenvalue weighted by molar-refractivity contribution is 6.17. The summed E-state index contributed by atoms with van der Waals surface area (Å²) in [5.41, 5.74) is 0.437. The van der Waals surface area contributed by atoms with Gasteiger partial charge in [0.15, 0.2) is 11.8 Å². The fourth-order valence-electron chi connectivity index (χ4n) is 2.78. The number of piperazine rings is 1. The molecular formula is C16H20N2O3. The van der Waals surface area contributed by atoms with E-state index in [1.807, 2.05) is 13.8 Å². The smallest absolute Gasteiger partial charge is 0.253 e. The minimum absolute atomic E-state index is 0.00155. The third-order valence-corrected chi connectivity index (χ3v) is 3.92. The van der Waals surface area contributed by atoms with Crippen LogP contribution in [0.15, 0.2) is 30.3 Å². The molecule has 2 rings (SSSR count). The Bertz CT molecular complexity index is 568. The van der Waals surface area contributed by atoms with Gasteiger partial charge in [-0.25, -0.2) is 0 Å². The van der Waals surface area contributed by atoms with Crippen LogP contribution in [0.3, 0.4) is 0 Å². The maximum absolute atomic E-state index is 12.5. The molecule has 5 nitrogen and oxygen atoms in total. The highest BCUT2D eigenvalue weighted by atomic mass is 16.2. The lowest BCUT2D eigenvalue weighted by Gasteiger charge is -2.42. The molecule has 2 atom stereocenters. The Morgan fingerprint density at radius 2 is 1.57 bits per heavy atom. The lowest BCUT2D eigenvalue weighted by Crippen LogP contribution is -2.65. The van der Waals surface area contributed by atoms with Crippen molar-refractivity contribution in [1.29, 1.82) is 0 Å². The second kappa shape index (κ2) is 5.68. The molecule has 21 heavy (non-hydrogen) atoms. The predicted octanol–water partition coefficient (Wildman–Crippen LogP) is 1.19. The van der Waals surface area contributed by atoms with E-state index >= 15 is 0 Å². The number of likely N-dealkylation sites (N-methyl/N-ethyl adjacent to an activating group) is 2. The number of benzene rings is 1. The first-order chi connectivity index (χ1) is 9.86. The summed E-state index contributed by atoms with van der Waals surface area (Å²) in [6.45, 7) is 3.78. The summed E-state index contributed by atoms with van der Waals surface area (Å²) in [6, 6.07) is 7.01. The van der Waals surface area contributed by atoms with Crippen molar-refractivity contribution < 1.29 is 14.4 Å². The molecule has 0 saturated carbocycles. The molecule has 1 saturated heterocycles. The number of nitrogens with zero attached hydrogens (tertiary/aromatic N) is 2. The summed E-state index contributed by atoms with van der Waals surface area (Å²) in [5.74, 6) is -0.863. The topological polar surface area (TPSA) is 57.7 Å². The van der Waals surface area contributed by atoms with Crippen molar-refractivity contribution >= 4 is 17.6 Å². The second-order valence-electron chi connectivity index (χ2n) is 5.72. The van der Waals surface area contributed by atoms with E-state index in [9.17, 15) is 14.4 Å². The van der Waals surface area contributed by atoms with E-state index in [4.69, 9.17) is 0 Å². The number of ketones is 1. The average Bonchev–Trinajstić information content (AvgIpc) is 2.46. The molecule has 1 aromatic carbocycles. The van der Waals surface area contributed by atoms with Gasteiger partial charge >= 0.3 is 0 Å². The highest BCUT2D eigenvalue weighted by Crippen LogP contribution is 2.23. The molecule has 112 valence electrons. The number of rotatable bonds is 3. The Balaban J connectivity index is 2.35. The van der Waals surface area contributed by atoms with Gasteiger partial charge in [0.05, 0.1) is 0 Å². The molecule has 2 amide bonds. The van der Waals surface area contributed by atoms with E-state index in [0.29, 0.717) is 5.56 Å². The van der Waals surface area contributed by atoms with E-state index in [1.165, 1.54) is 16.8 Å². The van der Waals surface area contributed by atoms with Gasteiger partial charge in [0.25, 0.3) is 5.91 Å². The Kier molecular flexibility index (Phi) is 4.11. The number of amides is 2. The van der Waals surface area contributed by atoms with Crippen LogP contribution < -0.4 is 0 Å². The maximum Gasteiger partial charge on any atom is 0.253 e. The molecule has 0 radical (unpaired) electrons. The SMILES string of the molecule is CC(C)[C@H]1C(=O)N(C)C(C(=O)c2ccccc2)C(=O)N1C. The first kappa shape index (κ1) is 15.2. The van der Waals surface area contributed by atoms with Crippen LogP contribution in [0.2, 0.25) is 0 Å². The molecule has 1 aliphatic rings. The summed E-state index contributed by atoms with van der Waals surface area (Å²) in [4.78, 5) is 40.2. The Morgan fingerprint density at radius 3 is 2.10 bits per heavy atom. The lowest BCUT2D eigenvalue weighted by molar-refractivity contribution is -0.158. The fraction of sp³-hybridized carbons (Fsp3) is 0.438. The normalized spacial score (nSPS) is 22.9. The van der Waals surface area contributed by atoms with E-state index in [2.05, 4.69) is 0 Å². The zero-order chi connectivity index (χ0) is 15.7. The number of hydrogen-bond acceptors (Lipinski definition) is 3. The van der Waals surface area contributed by atoms with E-state index < -0.39 is 12.1 Å². The minimum atomic E-state index is -1.07. The standard InChI is InChI=1S/C16H20N2O3/c1-10(2)12-15(20)18(4)13(16(21)17(12)3)14(19)11-8-6-5-7-9-11/h5-10,12-13H,1-4H3/t12-,13?/m0/s1.